The average Bonchev–Trinajstić information content (AvgIpc) is 2.51. The Morgan fingerprint density at radius 1 is 1.43 bits per heavy atom. The first-order valence-electron chi connectivity index (χ1n) is 6.01. The third kappa shape index (κ3) is 3.82. The summed E-state index contributed by atoms with van der Waals surface area (Å²) in [4.78, 5) is 0. The Morgan fingerprint density at radius 3 is 2.64 bits per heavy atom. The minimum atomic E-state index is 0.691. The molecule has 1 rings (SSSR count). The van der Waals surface area contributed by atoms with Crippen molar-refractivity contribution in [2.75, 3.05) is 5.75 Å². The third-order valence-electron chi connectivity index (χ3n) is 3.33. The average molecular weight is 215 g/mol. The second-order valence-corrected chi connectivity index (χ2v) is 6.27. The van der Waals surface area contributed by atoms with Gasteiger partial charge in [-0.05, 0) is 31.4 Å². The Hall–Kier alpha value is 0.310. The molecule has 1 aliphatic rings. The summed E-state index contributed by atoms with van der Waals surface area (Å²) in [6.45, 7) is 9.32. The zero-order valence-electron chi connectivity index (χ0n) is 10.0. The minimum Gasteiger partial charge on any atom is -0.310 e. The molecule has 1 nitrogen and oxygen atoms in total. The monoisotopic (exact) mass is 215 g/mol. The first-order chi connectivity index (χ1) is 6.63. The van der Waals surface area contributed by atoms with Gasteiger partial charge in [0.25, 0.3) is 0 Å². The predicted molar refractivity (Wildman–Crippen MR) is 67.0 cm³/mol. The lowest BCUT2D eigenvalue weighted by Crippen LogP contribution is -2.40. The van der Waals surface area contributed by atoms with Crippen molar-refractivity contribution in [3.05, 3.63) is 0 Å². The van der Waals surface area contributed by atoms with Crippen LogP contribution in [-0.4, -0.2) is 23.1 Å². The lowest BCUT2D eigenvalue weighted by atomic mass is 9.99. The molecule has 14 heavy (non-hydrogen) atoms. The highest BCUT2D eigenvalue weighted by Crippen LogP contribution is 2.26. The molecule has 4 unspecified atom stereocenters. The number of rotatable bonds is 5. The fourth-order valence-corrected chi connectivity index (χ4v) is 3.36. The van der Waals surface area contributed by atoms with Crippen molar-refractivity contribution in [2.24, 2.45) is 5.92 Å². The van der Waals surface area contributed by atoms with Gasteiger partial charge in [-0.3, -0.25) is 0 Å². The van der Waals surface area contributed by atoms with Crippen LogP contribution in [0.5, 0.6) is 0 Å². The van der Waals surface area contributed by atoms with Crippen LogP contribution in [0.15, 0.2) is 0 Å². The van der Waals surface area contributed by atoms with Crippen LogP contribution in [0.3, 0.4) is 0 Å². The van der Waals surface area contributed by atoms with E-state index in [0.717, 1.165) is 17.2 Å². The van der Waals surface area contributed by atoms with E-state index in [0.29, 0.717) is 6.04 Å². The number of nitrogens with one attached hydrogen (secondary N) is 1. The molecule has 0 aromatic heterocycles. The minimum absolute atomic E-state index is 0.691. The van der Waals surface area contributed by atoms with Crippen LogP contribution in [0.25, 0.3) is 0 Å². The standard InChI is InChI=1S/C12H25NS/c1-5-9(2)8-10(3)13-12-6-7-14-11(12)4/h9-13H,5-8H2,1-4H3. The second-order valence-electron chi connectivity index (χ2n) is 4.79. The number of hydrogen-bond acceptors (Lipinski definition) is 2. The summed E-state index contributed by atoms with van der Waals surface area (Å²) in [6.07, 6.45) is 3.99. The fourth-order valence-electron chi connectivity index (χ4n) is 2.15. The Balaban J connectivity index is 2.22. The van der Waals surface area contributed by atoms with Gasteiger partial charge in [-0.2, -0.15) is 11.8 Å². The highest BCUT2D eigenvalue weighted by molar-refractivity contribution is 8.00. The van der Waals surface area contributed by atoms with Gasteiger partial charge in [-0.1, -0.05) is 27.2 Å². The maximum Gasteiger partial charge on any atom is 0.0194 e. The first-order valence-corrected chi connectivity index (χ1v) is 7.06. The lowest BCUT2D eigenvalue weighted by molar-refractivity contribution is 0.371. The molecule has 0 spiro atoms. The van der Waals surface area contributed by atoms with E-state index < -0.39 is 0 Å². The summed E-state index contributed by atoms with van der Waals surface area (Å²) in [7, 11) is 0. The molecule has 0 bridgehead atoms. The summed E-state index contributed by atoms with van der Waals surface area (Å²) in [6, 6.07) is 1.45. The van der Waals surface area contributed by atoms with Gasteiger partial charge >= 0.3 is 0 Å². The van der Waals surface area contributed by atoms with Crippen LogP contribution in [0.2, 0.25) is 0 Å². The molecule has 0 aromatic carbocycles. The molecule has 1 N–H and O–H groups in total. The largest absolute Gasteiger partial charge is 0.310 e. The van der Waals surface area contributed by atoms with E-state index in [1.54, 1.807) is 0 Å². The van der Waals surface area contributed by atoms with Crippen LogP contribution in [-0.2, 0) is 0 Å². The van der Waals surface area contributed by atoms with E-state index >= 15 is 0 Å². The maximum atomic E-state index is 3.77. The molecule has 84 valence electrons. The molecule has 0 aliphatic carbocycles. The van der Waals surface area contributed by atoms with Crippen molar-refractivity contribution < 1.29 is 0 Å². The van der Waals surface area contributed by atoms with Crippen molar-refractivity contribution in [3.8, 4) is 0 Å². The van der Waals surface area contributed by atoms with E-state index in [-0.39, 0.29) is 0 Å². The van der Waals surface area contributed by atoms with Gasteiger partial charge in [0.1, 0.15) is 0 Å². The zero-order chi connectivity index (χ0) is 10.6. The van der Waals surface area contributed by atoms with Gasteiger partial charge in [-0.15, -0.1) is 0 Å². The van der Waals surface area contributed by atoms with Crippen molar-refractivity contribution >= 4 is 11.8 Å². The van der Waals surface area contributed by atoms with Crippen LogP contribution in [0, 0.1) is 5.92 Å². The second kappa shape index (κ2) is 6.02. The molecule has 2 heteroatoms. The van der Waals surface area contributed by atoms with Gasteiger partial charge in [0.2, 0.25) is 0 Å². The molecular weight excluding hydrogens is 190 g/mol. The third-order valence-corrected chi connectivity index (χ3v) is 4.65. The molecule has 0 saturated carbocycles. The molecule has 1 aliphatic heterocycles. The van der Waals surface area contributed by atoms with Crippen LogP contribution in [0.4, 0.5) is 0 Å². The van der Waals surface area contributed by atoms with Crippen molar-refractivity contribution in [1.29, 1.82) is 0 Å². The Labute approximate surface area is 93.4 Å². The molecule has 1 fully saturated rings. The Kier molecular flexibility index (Phi) is 5.32. The lowest BCUT2D eigenvalue weighted by Gasteiger charge is -2.24. The normalized spacial score (nSPS) is 31.7. The molecule has 0 aromatic rings. The van der Waals surface area contributed by atoms with Crippen molar-refractivity contribution in [3.63, 3.8) is 0 Å². The summed E-state index contributed by atoms with van der Waals surface area (Å²) in [5.74, 6) is 2.20. The zero-order valence-corrected chi connectivity index (χ0v) is 10.9. The summed E-state index contributed by atoms with van der Waals surface area (Å²) < 4.78 is 0. The van der Waals surface area contributed by atoms with Gasteiger partial charge in [0.05, 0.1) is 0 Å². The predicted octanol–water partition coefficient (Wildman–Crippen LogP) is 3.29. The van der Waals surface area contributed by atoms with Gasteiger partial charge in [0, 0.05) is 17.3 Å². The van der Waals surface area contributed by atoms with Crippen molar-refractivity contribution in [1.82, 2.24) is 5.32 Å². The van der Waals surface area contributed by atoms with E-state index in [9.17, 15) is 0 Å². The molecule has 4 atom stereocenters. The molecule has 1 heterocycles. The van der Waals surface area contributed by atoms with Crippen molar-refractivity contribution in [2.45, 2.75) is 64.3 Å². The van der Waals surface area contributed by atoms with Crippen LogP contribution >= 0.6 is 11.8 Å². The van der Waals surface area contributed by atoms with E-state index in [1.807, 2.05) is 0 Å². The van der Waals surface area contributed by atoms with Gasteiger partial charge in [0.15, 0.2) is 0 Å². The van der Waals surface area contributed by atoms with Gasteiger partial charge < -0.3 is 5.32 Å². The van der Waals surface area contributed by atoms with Crippen LogP contribution in [0.1, 0.15) is 47.0 Å². The number of thioether (sulfide) groups is 1. The fraction of sp³-hybridized carbons (Fsp3) is 1.00. The highest BCUT2D eigenvalue weighted by atomic mass is 32.2. The van der Waals surface area contributed by atoms with E-state index in [4.69, 9.17) is 0 Å². The first kappa shape index (κ1) is 12.4. The molecular formula is C12H25NS. The quantitative estimate of drug-likeness (QED) is 0.755. The number of hydrogen-bond donors (Lipinski definition) is 1. The van der Waals surface area contributed by atoms with Crippen LogP contribution < -0.4 is 5.32 Å². The Bertz CT molecular complexity index is 160. The molecule has 1 saturated heterocycles. The van der Waals surface area contributed by atoms with E-state index in [2.05, 4.69) is 44.8 Å². The SMILES string of the molecule is CCC(C)CC(C)NC1CCSC1C. The molecule has 0 radical (unpaired) electrons. The van der Waals surface area contributed by atoms with Gasteiger partial charge in [-0.25, -0.2) is 0 Å². The maximum absolute atomic E-state index is 3.77. The summed E-state index contributed by atoms with van der Waals surface area (Å²) in [5.41, 5.74) is 0. The molecule has 0 amide bonds. The summed E-state index contributed by atoms with van der Waals surface area (Å²) in [5, 5.41) is 4.59. The Morgan fingerprint density at radius 2 is 2.14 bits per heavy atom. The summed E-state index contributed by atoms with van der Waals surface area (Å²) >= 11 is 2.11. The smallest absolute Gasteiger partial charge is 0.0194 e. The highest BCUT2D eigenvalue weighted by Gasteiger charge is 2.24. The van der Waals surface area contributed by atoms with E-state index in [1.165, 1.54) is 25.0 Å². The topological polar surface area (TPSA) is 12.0 Å².